The lowest BCUT2D eigenvalue weighted by molar-refractivity contribution is -0.120. The maximum absolute atomic E-state index is 12.9. The van der Waals surface area contributed by atoms with Gasteiger partial charge in [0.2, 0.25) is 0 Å². The molecule has 3 rings (SSSR count). The van der Waals surface area contributed by atoms with Crippen LogP contribution in [0.2, 0.25) is 0 Å². The van der Waals surface area contributed by atoms with Crippen LogP contribution in [0.1, 0.15) is 48.4 Å². The lowest BCUT2D eigenvalue weighted by Crippen LogP contribution is -2.29. The highest BCUT2D eigenvalue weighted by molar-refractivity contribution is 6.25. The predicted octanol–water partition coefficient (Wildman–Crippen LogP) is 4.52. The molecule has 21 heavy (non-hydrogen) atoms. The summed E-state index contributed by atoms with van der Waals surface area (Å²) in [5.41, 5.74) is 4.95. The molecule has 2 nitrogen and oxygen atoms in total. The lowest BCUT2D eigenvalue weighted by Gasteiger charge is -2.30. The van der Waals surface area contributed by atoms with Crippen LogP contribution < -0.4 is 0 Å². The monoisotopic (exact) mass is 284 g/mol. The standard InChI is InChI=1S/C19H24O2/c1-10-8-12(3)15(13(4)9-10)17-18(20)14-7-5-6-11(2)16(14)19(17)21/h8-9,11,14,16,20H,5-7H2,1-4H3. The summed E-state index contributed by atoms with van der Waals surface area (Å²) in [5, 5.41) is 10.7. The van der Waals surface area contributed by atoms with Crippen LogP contribution in [0.4, 0.5) is 0 Å². The summed E-state index contributed by atoms with van der Waals surface area (Å²) in [5.74, 6) is 0.943. The van der Waals surface area contributed by atoms with Gasteiger partial charge in [0.1, 0.15) is 5.76 Å². The largest absolute Gasteiger partial charge is 0.511 e. The van der Waals surface area contributed by atoms with Gasteiger partial charge >= 0.3 is 0 Å². The van der Waals surface area contributed by atoms with Crippen molar-refractivity contribution in [1.29, 1.82) is 0 Å². The van der Waals surface area contributed by atoms with E-state index in [9.17, 15) is 9.90 Å². The third kappa shape index (κ3) is 2.12. The van der Waals surface area contributed by atoms with Crippen molar-refractivity contribution in [3.63, 3.8) is 0 Å². The van der Waals surface area contributed by atoms with Gasteiger partial charge in [0.05, 0.1) is 5.57 Å². The Morgan fingerprint density at radius 2 is 1.71 bits per heavy atom. The Morgan fingerprint density at radius 1 is 1.10 bits per heavy atom. The molecule has 0 bridgehead atoms. The maximum atomic E-state index is 12.9. The summed E-state index contributed by atoms with van der Waals surface area (Å²) >= 11 is 0. The van der Waals surface area contributed by atoms with E-state index >= 15 is 0 Å². The summed E-state index contributed by atoms with van der Waals surface area (Å²) in [6, 6.07) is 4.20. The lowest BCUT2D eigenvalue weighted by atomic mass is 9.73. The molecule has 1 N–H and O–H groups in total. The third-order valence-electron chi connectivity index (χ3n) is 5.30. The van der Waals surface area contributed by atoms with Crippen molar-refractivity contribution in [2.24, 2.45) is 17.8 Å². The number of allylic oxidation sites excluding steroid dienone is 2. The first-order valence-electron chi connectivity index (χ1n) is 7.97. The quantitative estimate of drug-likeness (QED) is 0.823. The molecule has 0 radical (unpaired) electrons. The van der Waals surface area contributed by atoms with E-state index in [4.69, 9.17) is 0 Å². The Kier molecular flexibility index (Phi) is 3.43. The number of aliphatic hydroxyl groups is 1. The van der Waals surface area contributed by atoms with Crippen molar-refractivity contribution >= 4 is 11.4 Å². The van der Waals surface area contributed by atoms with E-state index in [1.807, 2.05) is 13.8 Å². The molecule has 0 spiro atoms. The smallest absolute Gasteiger partial charge is 0.170 e. The molecule has 3 atom stereocenters. The van der Waals surface area contributed by atoms with Gasteiger partial charge in [-0.3, -0.25) is 4.79 Å². The van der Waals surface area contributed by atoms with Crippen LogP contribution >= 0.6 is 0 Å². The molecule has 112 valence electrons. The fraction of sp³-hybridized carbons (Fsp3) is 0.526. The van der Waals surface area contributed by atoms with E-state index in [-0.39, 0.29) is 17.6 Å². The molecule has 2 aliphatic carbocycles. The van der Waals surface area contributed by atoms with Gasteiger partial charge in [-0.2, -0.15) is 0 Å². The number of ketones is 1. The van der Waals surface area contributed by atoms with Crippen LogP contribution in [0, 0.1) is 38.5 Å². The van der Waals surface area contributed by atoms with Gasteiger partial charge in [-0.25, -0.2) is 0 Å². The van der Waals surface area contributed by atoms with E-state index in [1.54, 1.807) is 0 Å². The average molecular weight is 284 g/mol. The van der Waals surface area contributed by atoms with Gasteiger partial charge in [0.25, 0.3) is 0 Å². The molecule has 0 aromatic heterocycles. The fourth-order valence-corrected chi connectivity index (χ4v) is 4.47. The minimum absolute atomic E-state index is 0.00569. The number of carbonyl (C=O) groups is 1. The molecule has 1 fully saturated rings. The zero-order valence-electron chi connectivity index (χ0n) is 13.4. The Bertz CT molecular complexity index is 616. The first kappa shape index (κ1) is 14.4. The van der Waals surface area contributed by atoms with Crippen LogP contribution in [-0.4, -0.2) is 10.9 Å². The number of aliphatic hydroxyl groups excluding tert-OH is 1. The highest BCUT2D eigenvalue weighted by Crippen LogP contribution is 2.49. The average Bonchev–Trinajstić information content (AvgIpc) is 2.64. The molecule has 0 saturated heterocycles. The minimum Gasteiger partial charge on any atom is -0.511 e. The van der Waals surface area contributed by atoms with Gasteiger partial charge in [-0.1, -0.05) is 31.0 Å². The second kappa shape index (κ2) is 5.01. The normalized spacial score (nSPS) is 29.0. The highest BCUT2D eigenvalue weighted by atomic mass is 16.3. The van der Waals surface area contributed by atoms with Gasteiger partial charge in [0, 0.05) is 11.8 Å². The van der Waals surface area contributed by atoms with E-state index in [0.29, 0.717) is 17.3 Å². The molecule has 0 heterocycles. The topological polar surface area (TPSA) is 37.3 Å². The highest BCUT2D eigenvalue weighted by Gasteiger charge is 2.47. The number of hydrogen-bond donors (Lipinski definition) is 1. The van der Waals surface area contributed by atoms with Crippen LogP contribution in [0.3, 0.4) is 0 Å². The van der Waals surface area contributed by atoms with Crippen molar-refractivity contribution in [2.75, 3.05) is 0 Å². The molecule has 1 aromatic carbocycles. The van der Waals surface area contributed by atoms with Gasteiger partial charge in [-0.15, -0.1) is 0 Å². The van der Waals surface area contributed by atoms with Crippen LogP contribution in [0.25, 0.3) is 5.57 Å². The summed E-state index contributed by atoms with van der Waals surface area (Å²) in [6.07, 6.45) is 3.15. The molecular formula is C19H24O2. The Hall–Kier alpha value is -1.57. The van der Waals surface area contributed by atoms with Crippen LogP contribution in [0.5, 0.6) is 0 Å². The third-order valence-corrected chi connectivity index (χ3v) is 5.30. The van der Waals surface area contributed by atoms with Crippen LogP contribution in [-0.2, 0) is 4.79 Å². The summed E-state index contributed by atoms with van der Waals surface area (Å²) < 4.78 is 0. The van der Waals surface area contributed by atoms with E-state index in [1.165, 1.54) is 5.56 Å². The van der Waals surface area contributed by atoms with Crippen LogP contribution in [0.15, 0.2) is 17.9 Å². The fourth-order valence-electron chi connectivity index (χ4n) is 4.47. The zero-order valence-corrected chi connectivity index (χ0v) is 13.4. The van der Waals surface area contributed by atoms with Crippen molar-refractivity contribution in [3.8, 4) is 0 Å². The molecule has 1 aromatic rings. The molecule has 2 heteroatoms. The van der Waals surface area contributed by atoms with Gasteiger partial charge in [-0.05, 0) is 56.2 Å². The van der Waals surface area contributed by atoms with Crippen molar-refractivity contribution in [1.82, 2.24) is 0 Å². The maximum Gasteiger partial charge on any atom is 0.170 e. The number of rotatable bonds is 1. The van der Waals surface area contributed by atoms with E-state index in [0.717, 1.165) is 36.0 Å². The second-order valence-corrected chi connectivity index (χ2v) is 6.94. The van der Waals surface area contributed by atoms with Gasteiger partial charge < -0.3 is 5.11 Å². The molecule has 2 aliphatic rings. The Balaban J connectivity index is 2.14. The van der Waals surface area contributed by atoms with E-state index in [2.05, 4.69) is 26.0 Å². The number of fused-ring (bicyclic) bond motifs is 1. The zero-order chi connectivity index (χ0) is 15.3. The summed E-state index contributed by atoms with van der Waals surface area (Å²) in [7, 11) is 0. The van der Waals surface area contributed by atoms with Crippen molar-refractivity contribution in [3.05, 3.63) is 40.1 Å². The van der Waals surface area contributed by atoms with E-state index < -0.39 is 0 Å². The number of hydrogen-bond acceptors (Lipinski definition) is 2. The predicted molar refractivity (Wildman–Crippen MR) is 85.2 cm³/mol. The number of aryl methyl sites for hydroxylation is 3. The van der Waals surface area contributed by atoms with Crippen molar-refractivity contribution in [2.45, 2.75) is 47.0 Å². The first-order valence-corrected chi connectivity index (χ1v) is 7.97. The summed E-state index contributed by atoms with van der Waals surface area (Å²) in [4.78, 5) is 12.9. The minimum atomic E-state index is -0.00569. The SMILES string of the molecule is Cc1cc(C)c(C2=C(O)C3CCCC(C)C3C2=O)c(C)c1. The summed E-state index contributed by atoms with van der Waals surface area (Å²) in [6.45, 7) is 8.29. The number of benzene rings is 1. The number of Topliss-reactive ketones (excluding diaryl/α,β-unsaturated/α-hetero) is 1. The Labute approximate surface area is 126 Å². The first-order chi connectivity index (χ1) is 9.91. The molecule has 0 aliphatic heterocycles. The molecule has 1 saturated carbocycles. The molecule has 0 amide bonds. The van der Waals surface area contributed by atoms with Crippen molar-refractivity contribution < 1.29 is 9.90 Å². The van der Waals surface area contributed by atoms with Gasteiger partial charge in [0.15, 0.2) is 5.78 Å². The second-order valence-electron chi connectivity index (χ2n) is 6.94. The Morgan fingerprint density at radius 3 is 2.29 bits per heavy atom. The number of carbonyl (C=O) groups excluding carboxylic acids is 1. The molecular weight excluding hydrogens is 260 g/mol. The molecule has 3 unspecified atom stereocenters.